The highest BCUT2D eigenvalue weighted by atomic mass is 16.5. The minimum Gasteiger partial charge on any atom is -0.494 e. The van der Waals surface area contributed by atoms with Crippen LogP contribution in [0.25, 0.3) is 10.9 Å². The zero-order chi connectivity index (χ0) is 28.1. The van der Waals surface area contributed by atoms with Gasteiger partial charge in [0.2, 0.25) is 5.60 Å². The number of fused-ring (bicyclic) bond motifs is 1. The van der Waals surface area contributed by atoms with E-state index < -0.39 is 11.6 Å². The Labute approximate surface area is 233 Å². The summed E-state index contributed by atoms with van der Waals surface area (Å²) < 4.78 is 11.8. The summed E-state index contributed by atoms with van der Waals surface area (Å²) in [5, 5.41) is 10.9. The lowest BCUT2D eigenvalue weighted by molar-refractivity contribution is -0.153. The fourth-order valence-electron chi connectivity index (χ4n) is 4.95. The summed E-state index contributed by atoms with van der Waals surface area (Å²) in [5.74, 6) is 0.168. The summed E-state index contributed by atoms with van der Waals surface area (Å²) in [7, 11) is 1.83. The maximum Gasteiger partial charge on any atom is 0.348 e. The Kier molecular flexibility index (Phi) is 7.86. The molecule has 4 aromatic rings. The zero-order valence-electron chi connectivity index (χ0n) is 22.7. The smallest absolute Gasteiger partial charge is 0.348 e. The lowest BCUT2D eigenvalue weighted by atomic mass is 9.96. The van der Waals surface area contributed by atoms with Gasteiger partial charge in [0.25, 0.3) is 0 Å². The number of carboxylic acid groups (broad SMARTS) is 1. The predicted molar refractivity (Wildman–Crippen MR) is 152 cm³/mol. The molecule has 1 N–H and O–H groups in total. The van der Waals surface area contributed by atoms with Crippen molar-refractivity contribution < 1.29 is 24.2 Å². The monoisotopic (exact) mass is 539 g/mol. The molecule has 0 radical (unpaired) electrons. The van der Waals surface area contributed by atoms with E-state index in [2.05, 4.69) is 0 Å². The number of carbonyl (C=O) groups excluding carboxylic acids is 1. The van der Waals surface area contributed by atoms with Crippen LogP contribution in [0.3, 0.4) is 0 Å². The van der Waals surface area contributed by atoms with Crippen molar-refractivity contribution in [2.45, 2.75) is 38.0 Å². The van der Waals surface area contributed by atoms with Crippen molar-refractivity contribution in [3.05, 3.63) is 102 Å². The van der Waals surface area contributed by atoms with Crippen molar-refractivity contribution in [3.8, 4) is 11.5 Å². The fourth-order valence-corrected chi connectivity index (χ4v) is 4.95. The molecule has 0 bridgehead atoms. The van der Waals surface area contributed by atoms with E-state index in [0.717, 1.165) is 22.2 Å². The highest BCUT2D eigenvalue weighted by Gasteiger charge is 2.36. The second-order valence-corrected chi connectivity index (χ2v) is 10.3. The molecule has 0 spiro atoms. The van der Waals surface area contributed by atoms with Crippen LogP contribution in [0.1, 0.15) is 24.6 Å². The molecule has 2 atom stereocenters. The standard InChI is InChI=1S/C32H33N3O5/c1-32(30(36)37,40-28-9-4-3-5-10-28)20-23-12-16-27(17-13-23)39-19-18-26-22-35(31(38)34(26)2)21-25-15-14-24-8-6-7-11-29(24)33-25/h3-17,26H,18-22H2,1-2H3,(H,36,37). The van der Waals surface area contributed by atoms with Crippen LogP contribution < -0.4 is 9.47 Å². The highest BCUT2D eigenvalue weighted by Crippen LogP contribution is 2.25. The van der Waals surface area contributed by atoms with Gasteiger partial charge < -0.3 is 24.4 Å². The second kappa shape index (κ2) is 11.7. The number of rotatable bonds is 11. The molecule has 1 saturated heterocycles. The quantitative estimate of drug-likeness (QED) is 0.274. The summed E-state index contributed by atoms with van der Waals surface area (Å²) in [5.41, 5.74) is 1.21. The molecular weight excluding hydrogens is 506 g/mol. The van der Waals surface area contributed by atoms with Crippen LogP contribution in [0.15, 0.2) is 91.0 Å². The molecule has 2 amide bonds. The van der Waals surface area contributed by atoms with Crippen LogP contribution in [0.2, 0.25) is 0 Å². The Morgan fingerprint density at radius 3 is 2.45 bits per heavy atom. The number of aromatic nitrogens is 1. The number of ether oxygens (including phenoxy) is 2. The SMILES string of the molecule is CN1C(=O)N(Cc2ccc3ccccc3n2)CC1CCOc1ccc(CC(C)(Oc2ccccc2)C(=O)O)cc1. The first-order valence-corrected chi connectivity index (χ1v) is 13.4. The number of likely N-dealkylation sites (N-methyl/N-ethyl adjacent to an activating group) is 1. The summed E-state index contributed by atoms with van der Waals surface area (Å²) in [4.78, 5) is 33.2. The van der Waals surface area contributed by atoms with Gasteiger partial charge in [0.1, 0.15) is 11.5 Å². The topological polar surface area (TPSA) is 92.2 Å². The van der Waals surface area contributed by atoms with Crippen molar-refractivity contribution in [1.82, 2.24) is 14.8 Å². The van der Waals surface area contributed by atoms with E-state index in [1.165, 1.54) is 0 Å². The lowest BCUT2D eigenvalue weighted by Crippen LogP contribution is -2.43. The van der Waals surface area contributed by atoms with Gasteiger partial charge in [-0.2, -0.15) is 0 Å². The second-order valence-electron chi connectivity index (χ2n) is 10.3. The summed E-state index contributed by atoms with van der Waals surface area (Å²) in [6.45, 7) is 3.11. The number of aliphatic carboxylic acids is 1. The normalized spacial score (nSPS) is 16.6. The number of hydrogen-bond donors (Lipinski definition) is 1. The number of amides is 2. The van der Waals surface area contributed by atoms with Crippen LogP contribution in [0, 0.1) is 0 Å². The number of para-hydroxylation sites is 2. The van der Waals surface area contributed by atoms with Gasteiger partial charge in [0, 0.05) is 31.8 Å². The van der Waals surface area contributed by atoms with Gasteiger partial charge in [0.05, 0.1) is 30.4 Å². The number of nitrogens with zero attached hydrogens (tertiary/aromatic N) is 3. The summed E-state index contributed by atoms with van der Waals surface area (Å²) in [6.07, 6.45) is 0.891. The molecule has 1 fully saturated rings. The molecule has 2 heterocycles. The average Bonchev–Trinajstić information content (AvgIpc) is 3.22. The maximum absolute atomic E-state index is 12.9. The Morgan fingerprint density at radius 2 is 1.70 bits per heavy atom. The van der Waals surface area contributed by atoms with Crippen molar-refractivity contribution in [2.24, 2.45) is 0 Å². The minimum absolute atomic E-state index is 0.0106. The van der Waals surface area contributed by atoms with Crippen molar-refractivity contribution in [2.75, 3.05) is 20.2 Å². The first-order valence-electron chi connectivity index (χ1n) is 13.4. The van der Waals surface area contributed by atoms with Gasteiger partial charge in [0.15, 0.2) is 0 Å². The van der Waals surface area contributed by atoms with E-state index in [1.54, 1.807) is 24.0 Å². The van der Waals surface area contributed by atoms with E-state index >= 15 is 0 Å². The molecule has 8 heteroatoms. The van der Waals surface area contributed by atoms with Crippen LogP contribution in [0.4, 0.5) is 4.79 Å². The third kappa shape index (κ3) is 6.17. The summed E-state index contributed by atoms with van der Waals surface area (Å²) >= 11 is 0. The summed E-state index contributed by atoms with van der Waals surface area (Å²) in [6, 6.07) is 28.3. The molecule has 1 aromatic heterocycles. The number of pyridine rings is 1. The van der Waals surface area contributed by atoms with Gasteiger partial charge in [-0.05, 0) is 48.9 Å². The molecule has 1 aliphatic rings. The van der Waals surface area contributed by atoms with Crippen LogP contribution in [0.5, 0.6) is 11.5 Å². The van der Waals surface area contributed by atoms with E-state index in [0.29, 0.717) is 37.6 Å². The third-order valence-electron chi connectivity index (χ3n) is 7.28. The van der Waals surface area contributed by atoms with E-state index in [-0.39, 0.29) is 18.5 Å². The van der Waals surface area contributed by atoms with E-state index in [4.69, 9.17) is 14.5 Å². The molecule has 206 valence electrons. The molecule has 0 aliphatic carbocycles. The number of urea groups is 1. The number of carbonyl (C=O) groups is 2. The van der Waals surface area contributed by atoms with Crippen molar-refractivity contribution in [3.63, 3.8) is 0 Å². The lowest BCUT2D eigenvalue weighted by Gasteiger charge is -2.26. The first kappa shape index (κ1) is 27.0. The zero-order valence-corrected chi connectivity index (χ0v) is 22.7. The van der Waals surface area contributed by atoms with Gasteiger partial charge in [-0.3, -0.25) is 4.98 Å². The number of carboxylic acids is 1. The average molecular weight is 540 g/mol. The Bertz CT molecular complexity index is 1480. The van der Waals surface area contributed by atoms with E-state index in [9.17, 15) is 14.7 Å². The minimum atomic E-state index is -1.41. The van der Waals surface area contributed by atoms with E-state index in [1.807, 2.05) is 90.8 Å². The fraction of sp³-hybridized carbons (Fsp3) is 0.281. The highest BCUT2D eigenvalue weighted by molar-refractivity contribution is 5.79. The first-order chi connectivity index (χ1) is 19.3. The van der Waals surface area contributed by atoms with Crippen LogP contribution in [-0.4, -0.2) is 63.7 Å². The van der Waals surface area contributed by atoms with Gasteiger partial charge in [-0.25, -0.2) is 9.59 Å². The predicted octanol–water partition coefficient (Wildman–Crippen LogP) is 5.40. The molecule has 3 aromatic carbocycles. The number of benzene rings is 3. The third-order valence-corrected chi connectivity index (χ3v) is 7.28. The Balaban J connectivity index is 1.13. The number of hydrogen-bond acceptors (Lipinski definition) is 5. The molecular formula is C32H33N3O5. The van der Waals surface area contributed by atoms with Crippen LogP contribution in [-0.2, 0) is 17.8 Å². The molecule has 8 nitrogen and oxygen atoms in total. The molecule has 40 heavy (non-hydrogen) atoms. The maximum atomic E-state index is 12.9. The van der Waals surface area contributed by atoms with Crippen molar-refractivity contribution >= 4 is 22.9 Å². The molecule has 5 rings (SSSR count). The van der Waals surface area contributed by atoms with Gasteiger partial charge >= 0.3 is 12.0 Å². The van der Waals surface area contributed by atoms with Crippen LogP contribution >= 0.6 is 0 Å². The molecule has 0 saturated carbocycles. The molecule has 2 unspecified atom stereocenters. The van der Waals surface area contributed by atoms with Gasteiger partial charge in [-0.15, -0.1) is 0 Å². The van der Waals surface area contributed by atoms with Crippen molar-refractivity contribution in [1.29, 1.82) is 0 Å². The Morgan fingerprint density at radius 1 is 0.975 bits per heavy atom. The molecule has 1 aliphatic heterocycles. The Hall–Kier alpha value is -4.59. The largest absolute Gasteiger partial charge is 0.494 e. The van der Waals surface area contributed by atoms with Gasteiger partial charge in [-0.1, -0.05) is 54.6 Å².